The van der Waals surface area contributed by atoms with Crippen LogP contribution in [0.2, 0.25) is 0 Å². The van der Waals surface area contributed by atoms with E-state index in [0.29, 0.717) is 0 Å². The average molecular weight is 251 g/mol. The Labute approximate surface area is 92.4 Å². The van der Waals surface area contributed by atoms with Crippen LogP contribution in [0.25, 0.3) is 0 Å². The second kappa shape index (κ2) is 4.83. The fraction of sp³-hybridized carbons (Fsp3) is 0.182. The number of hydrogen-bond donors (Lipinski definition) is 1. The van der Waals surface area contributed by atoms with E-state index in [0.717, 1.165) is 15.7 Å². The molecule has 1 atom stereocenters. The van der Waals surface area contributed by atoms with Crippen LogP contribution >= 0.6 is 15.9 Å². The Morgan fingerprint density at radius 1 is 1.50 bits per heavy atom. The molecule has 2 nitrogen and oxygen atoms in total. The minimum Gasteiger partial charge on any atom is -0.366 e. The SMILES string of the molecule is C=C(C)C(C#N)Nc1ccc(Br)cc1. The van der Waals surface area contributed by atoms with Crippen LogP contribution in [-0.2, 0) is 0 Å². The van der Waals surface area contributed by atoms with Gasteiger partial charge in [0.1, 0.15) is 6.04 Å². The zero-order valence-electron chi connectivity index (χ0n) is 7.92. The highest BCUT2D eigenvalue weighted by atomic mass is 79.9. The number of nitrogens with zero attached hydrogens (tertiary/aromatic N) is 1. The quantitative estimate of drug-likeness (QED) is 0.836. The molecule has 1 aromatic carbocycles. The van der Waals surface area contributed by atoms with E-state index >= 15 is 0 Å². The number of rotatable bonds is 3. The van der Waals surface area contributed by atoms with Gasteiger partial charge in [0.05, 0.1) is 6.07 Å². The average Bonchev–Trinajstić information content (AvgIpc) is 2.16. The fourth-order valence-electron chi connectivity index (χ4n) is 0.978. The molecule has 0 amide bonds. The molecule has 72 valence electrons. The first-order valence-electron chi connectivity index (χ1n) is 4.20. The summed E-state index contributed by atoms with van der Waals surface area (Å²) >= 11 is 3.35. The summed E-state index contributed by atoms with van der Waals surface area (Å²) in [7, 11) is 0. The zero-order chi connectivity index (χ0) is 10.6. The van der Waals surface area contributed by atoms with Crippen molar-refractivity contribution in [2.24, 2.45) is 0 Å². The van der Waals surface area contributed by atoms with Crippen molar-refractivity contribution in [1.82, 2.24) is 0 Å². The minimum absolute atomic E-state index is 0.323. The maximum Gasteiger partial charge on any atom is 0.135 e. The van der Waals surface area contributed by atoms with Gasteiger partial charge in [0.2, 0.25) is 0 Å². The third kappa shape index (κ3) is 2.90. The molecule has 0 aliphatic heterocycles. The largest absolute Gasteiger partial charge is 0.366 e. The molecule has 1 N–H and O–H groups in total. The molecule has 14 heavy (non-hydrogen) atoms. The molecule has 0 aromatic heterocycles. The number of nitriles is 1. The molecule has 1 unspecified atom stereocenters. The number of hydrogen-bond acceptors (Lipinski definition) is 2. The number of anilines is 1. The van der Waals surface area contributed by atoms with Crippen LogP contribution in [0.15, 0.2) is 40.9 Å². The maximum atomic E-state index is 8.83. The number of benzene rings is 1. The smallest absolute Gasteiger partial charge is 0.135 e. The van der Waals surface area contributed by atoms with Crippen LogP contribution in [-0.4, -0.2) is 6.04 Å². The molecule has 0 aliphatic rings. The highest BCUT2D eigenvalue weighted by molar-refractivity contribution is 9.10. The van der Waals surface area contributed by atoms with Crippen molar-refractivity contribution in [3.63, 3.8) is 0 Å². The Morgan fingerprint density at radius 3 is 2.50 bits per heavy atom. The first kappa shape index (κ1) is 10.8. The molecular formula is C11H11BrN2. The Morgan fingerprint density at radius 2 is 2.07 bits per heavy atom. The van der Waals surface area contributed by atoms with Crippen LogP contribution in [0.1, 0.15) is 6.92 Å². The van der Waals surface area contributed by atoms with Crippen molar-refractivity contribution < 1.29 is 0 Å². The van der Waals surface area contributed by atoms with E-state index in [2.05, 4.69) is 33.9 Å². The van der Waals surface area contributed by atoms with Gasteiger partial charge >= 0.3 is 0 Å². The Kier molecular flexibility index (Phi) is 3.73. The van der Waals surface area contributed by atoms with Crippen molar-refractivity contribution in [3.05, 3.63) is 40.9 Å². The lowest BCUT2D eigenvalue weighted by molar-refractivity contribution is 1.03. The van der Waals surface area contributed by atoms with Crippen molar-refractivity contribution >= 4 is 21.6 Å². The normalized spacial score (nSPS) is 11.5. The standard InChI is InChI=1S/C11H11BrN2/c1-8(2)11(7-13)14-10-5-3-9(12)4-6-10/h3-6,11,14H,1H2,2H3. The van der Waals surface area contributed by atoms with Crippen molar-refractivity contribution in [3.8, 4) is 6.07 Å². The molecule has 0 fully saturated rings. The van der Waals surface area contributed by atoms with Crippen molar-refractivity contribution in [2.45, 2.75) is 13.0 Å². The summed E-state index contributed by atoms with van der Waals surface area (Å²) in [6.07, 6.45) is 0. The van der Waals surface area contributed by atoms with E-state index in [1.165, 1.54) is 0 Å². The van der Waals surface area contributed by atoms with Crippen LogP contribution in [0, 0.1) is 11.3 Å². The monoisotopic (exact) mass is 250 g/mol. The molecule has 3 heteroatoms. The highest BCUT2D eigenvalue weighted by Gasteiger charge is 2.06. The molecule has 0 aliphatic carbocycles. The summed E-state index contributed by atoms with van der Waals surface area (Å²) in [4.78, 5) is 0. The van der Waals surface area contributed by atoms with Gasteiger partial charge in [0.15, 0.2) is 0 Å². The lowest BCUT2D eigenvalue weighted by Crippen LogP contribution is -2.17. The van der Waals surface area contributed by atoms with Gasteiger partial charge in [-0.2, -0.15) is 5.26 Å². The van der Waals surface area contributed by atoms with Gasteiger partial charge in [0, 0.05) is 10.2 Å². The second-order valence-corrected chi connectivity index (χ2v) is 3.98. The Hall–Kier alpha value is -1.27. The van der Waals surface area contributed by atoms with E-state index in [4.69, 9.17) is 5.26 Å². The number of halogens is 1. The molecule has 0 heterocycles. The predicted molar refractivity (Wildman–Crippen MR) is 62.0 cm³/mol. The predicted octanol–water partition coefficient (Wildman–Crippen LogP) is 3.33. The van der Waals surface area contributed by atoms with Gasteiger partial charge < -0.3 is 5.32 Å². The van der Waals surface area contributed by atoms with Gasteiger partial charge in [-0.3, -0.25) is 0 Å². The molecule has 0 bridgehead atoms. The summed E-state index contributed by atoms with van der Waals surface area (Å²) in [5, 5.41) is 11.9. The summed E-state index contributed by atoms with van der Waals surface area (Å²) in [5.41, 5.74) is 1.73. The van der Waals surface area contributed by atoms with E-state index in [9.17, 15) is 0 Å². The van der Waals surface area contributed by atoms with Crippen LogP contribution < -0.4 is 5.32 Å². The highest BCUT2D eigenvalue weighted by Crippen LogP contribution is 2.16. The van der Waals surface area contributed by atoms with Gasteiger partial charge in [0.25, 0.3) is 0 Å². The molecule has 0 saturated carbocycles. The minimum atomic E-state index is -0.323. The molecule has 1 aromatic rings. The summed E-state index contributed by atoms with van der Waals surface area (Å²) in [5.74, 6) is 0. The van der Waals surface area contributed by atoms with Crippen LogP contribution in [0.4, 0.5) is 5.69 Å². The topological polar surface area (TPSA) is 35.8 Å². The van der Waals surface area contributed by atoms with E-state index in [1.807, 2.05) is 31.2 Å². The third-order valence-corrected chi connectivity index (χ3v) is 2.31. The fourth-order valence-corrected chi connectivity index (χ4v) is 1.24. The van der Waals surface area contributed by atoms with Gasteiger partial charge in [-0.05, 0) is 36.8 Å². The zero-order valence-corrected chi connectivity index (χ0v) is 9.51. The molecule has 1 rings (SSSR count). The third-order valence-electron chi connectivity index (χ3n) is 1.78. The van der Waals surface area contributed by atoms with Crippen molar-refractivity contribution in [2.75, 3.05) is 5.32 Å². The summed E-state index contributed by atoms with van der Waals surface area (Å²) in [6, 6.07) is 9.50. The van der Waals surface area contributed by atoms with Gasteiger partial charge in [-0.25, -0.2) is 0 Å². The first-order valence-corrected chi connectivity index (χ1v) is 5.00. The molecular weight excluding hydrogens is 240 g/mol. The molecule has 0 radical (unpaired) electrons. The van der Waals surface area contributed by atoms with Gasteiger partial charge in [-0.15, -0.1) is 0 Å². The van der Waals surface area contributed by atoms with E-state index in [-0.39, 0.29) is 6.04 Å². The lowest BCUT2D eigenvalue weighted by Gasteiger charge is -2.12. The summed E-state index contributed by atoms with van der Waals surface area (Å²) in [6.45, 7) is 5.58. The lowest BCUT2D eigenvalue weighted by atomic mass is 10.1. The summed E-state index contributed by atoms with van der Waals surface area (Å²) < 4.78 is 1.02. The van der Waals surface area contributed by atoms with Gasteiger partial charge in [-0.1, -0.05) is 22.5 Å². The number of nitrogens with one attached hydrogen (secondary N) is 1. The molecule has 0 spiro atoms. The molecule has 0 saturated heterocycles. The second-order valence-electron chi connectivity index (χ2n) is 3.06. The Bertz CT molecular complexity index is 362. The van der Waals surface area contributed by atoms with E-state index < -0.39 is 0 Å². The maximum absolute atomic E-state index is 8.83. The van der Waals surface area contributed by atoms with E-state index in [1.54, 1.807) is 0 Å². The Balaban J connectivity index is 2.74. The van der Waals surface area contributed by atoms with Crippen molar-refractivity contribution in [1.29, 1.82) is 5.26 Å². The van der Waals surface area contributed by atoms with Crippen LogP contribution in [0.3, 0.4) is 0 Å². The first-order chi connectivity index (χ1) is 6.63. The van der Waals surface area contributed by atoms with Crippen LogP contribution in [0.5, 0.6) is 0 Å².